The van der Waals surface area contributed by atoms with Crippen molar-refractivity contribution in [3.63, 3.8) is 0 Å². The molecule has 0 unspecified atom stereocenters. The molecule has 3 rings (SSSR count). The molecule has 1 aliphatic rings. The number of aliphatic imine (C=N–C) groups is 1. The van der Waals surface area contributed by atoms with Crippen molar-refractivity contribution in [2.24, 2.45) is 4.99 Å². The molecule has 3 heterocycles. The average molecular weight is 576 g/mol. The maximum atomic E-state index is 11.9. The number of halogens is 1. The largest absolute Gasteiger partial charge is 0.450 e. The lowest BCUT2D eigenvalue weighted by molar-refractivity contribution is 0.0963. The molecule has 0 aromatic carbocycles. The van der Waals surface area contributed by atoms with Gasteiger partial charge in [0.05, 0.1) is 6.61 Å². The van der Waals surface area contributed by atoms with Crippen LogP contribution in [0.3, 0.4) is 0 Å². The molecule has 2 N–H and O–H groups in total. The highest BCUT2D eigenvalue weighted by molar-refractivity contribution is 14.0. The minimum Gasteiger partial charge on any atom is -0.450 e. The van der Waals surface area contributed by atoms with Gasteiger partial charge in [0, 0.05) is 56.5 Å². The summed E-state index contributed by atoms with van der Waals surface area (Å²) in [5, 5.41) is 17.2. The van der Waals surface area contributed by atoms with Crippen LogP contribution in [0.2, 0.25) is 0 Å². The Morgan fingerprint density at radius 3 is 2.84 bits per heavy atom. The number of amides is 1. The summed E-state index contributed by atoms with van der Waals surface area (Å²) < 4.78 is 7.18. The summed E-state index contributed by atoms with van der Waals surface area (Å²) in [7, 11) is 0. The van der Waals surface area contributed by atoms with Crippen molar-refractivity contribution in [2.45, 2.75) is 52.1 Å². The number of aromatic nitrogens is 3. The molecule has 178 valence electrons. The summed E-state index contributed by atoms with van der Waals surface area (Å²) >= 11 is 1.76. The van der Waals surface area contributed by atoms with Crippen molar-refractivity contribution in [3.8, 4) is 0 Å². The smallest absolute Gasteiger partial charge is 0.409 e. The number of thiophene rings is 1. The Morgan fingerprint density at radius 2 is 2.16 bits per heavy atom. The number of carbonyl (C=O) groups excluding carboxylic acids is 1. The Hall–Kier alpha value is -1.89. The van der Waals surface area contributed by atoms with Gasteiger partial charge in [-0.25, -0.2) is 4.79 Å². The molecule has 0 saturated carbocycles. The number of carbonyl (C=O) groups is 1. The molecule has 0 radical (unpaired) electrons. The third-order valence-corrected chi connectivity index (χ3v) is 6.16. The van der Waals surface area contributed by atoms with Crippen LogP contribution in [0.5, 0.6) is 0 Å². The molecule has 1 amide bonds. The number of rotatable bonds is 9. The first kappa shape index (κ1) is 26.4. The van der Waals surface area contributed by atoms with E-state index in [1.165, 1.54) is 4.88 Å². The van der Waals surface area contributed by atoms with Crippen molar-refractivity contribution < 1.29 is 9.53 Å². The van der Waals surface area contributed by atoms with Gasteiger partial charge in [-0.3, -0.25) is 4.99 Å². The number of guanidine groups is 1. The van der Waals surface area contributed by atoms with E-state index in [9.17, 15) is 4.79 Å². The fraction of sp³-hybridized carbons (Fsp3) is 0.619. The zero-order chi connectivity index (χ0) is 21.9. The van der Waals surface area contributed by atoms with E-state index in [1.807, 2.05) is 6.92 Å². The van der Waals surface area contributed by atoms with Crippen molar-refractivity contribution in [2.75, 3.05) is 32.8 Å². The Balaban J connectivity index is 0.00000363. The first-order valence-electron chi connectivity index (χ1n) is 11.0. The Bertz CT molecular complexity index is 820. The second-order valence-corrected chi connectivity index (χ2v) is 8.42. The maximum absolute atomic E-state index is 11.9. The van der Waals surface area contributed by atoms with E-state index in [4.69, 9.17) is 9.73 Å². The molecule has 32 heavy (non-hydrogen) atoms. The average Bonchev–Trinajstić information content (AvgIpc) is 3.46. The SMILES string of the molecule is CCOC(=O)N1CCC(NC(=NCCc2cccs2)NCCn2cnnc2CC)CC1.I. The molecule has 0 spiro atoms. The summed E-state index contributed by atoms with van der Waals surface area (Å²) in [5.41, 5.74) is 0. The molecule has 9 nitrogen and oxygen atoms in total. The van der Waals surface area contributed by atoms with E-state index < -0.39 is 0 Å². The highest BCUT2D eigenvalue weighted by Gasteiger charge is 2.24. The number of likely N-dealkylation sites (tertiary alicyclic amines) is 1. The molecular formula is C21H34IN7O2S. The molecule has 2 aromatic rings. The molecule has 0 aliphatic carbocycles. The van der Waals surface area contributed by atoms with E-state index in [0.717, 1.165) is 57.1 Å². The van der Waals surface area contributed by atoms with Crippen LogP contribution in [-0.4, -0.2) is 70.5 Å². The van der Waals surface area contributed by atoms with Gasteiger partial charge in [0.1, 0.15) is 12.2 Å². The van der Waals surface area contributed by atoms with Crippen molar-refractivity contribution in [3.05, 3.63) is 34.5 Å². The zero-order valence-corrected chi connectivity index (χ0v) is 22.0. The first-order chi connectivity index (χ1) is 15.2. The molecule has 11 heteroatoms. The van der Waals surface area contributed by atoms with E-state index in [2.05, 4.69) is 49.8 Å². The number of piperidine rings is 1. The fourth-order valence-electron chi connectivity index (χ4n) is 3.53. The number of ether oxygens (including phenoxy) is 1. The highest BCUT2D eigenvalue weighted by Crippen LogP contribution is 2.12. The van der Waals surface area contributed by atoms with Crippen LogP contribution in [0.25, 0.3) is 0 Å². The van der Waals surface area contributed by atoms with Crippen LogP contribution in [0.4, 0.5) is 4.79 Å². The number of nitrogens with zero attached hydrogens (tertiary/aromatic N) is 5. The van der Waals surface area contributed by atoms with Gasteiger partial charge < -0.3 is 24.8 Å². The van der Waals surface area contributed by atoms with Crippen LogP contribution >= 0.6 is 35.3 Å². The van der Waals surface area contributed by atoms with Crippen LogP contribution in [-0.2, 0) is 24.1 Å². The monoisotopic (exact) mass is 575 g/mol. The number of hydrogen-bond donors (Lipinski definition) is 2. The van der Waals surface area contributed by atoms with Crippen LogP contribution in [0.15, 0.2) is 28.8 Å². The topological polar surface area (TPSA) is 96.7 Å². The molecule has 1 saturated heterocycles. The van der Waals surface area contributed by atoms with Crippen molar-refractivity contribution >= 4 is 47.4 Å². The fourth-order valence-corrected chi connectivity index (χ4v) is 4.23. The number of hydrogen-bond acceptors (Lipinski definition) is 6. The lowest BCUT2D eigenvalue weighted by Crippen LogP contribution is -2.50. The second-order valence-electron chi connectivity index (χ2n) is 7.39. The minimum atomic E-state index is -0.218. The Labute approximate surface area is 211 Å². The third kappa shape index (κ3) is 8.23. The standard InChI is InChI=1S/C21H33N7O2S.HI/c1-3-19-26-24-16-28(19)14-11-23-20(22-10-7-18-6-5-15-31-18)25-17-8-12-27(13-9-17)21(29)30-4-2;/h5-6,15-17H,3-4,7-14H2,1-2H3,(H2,22,23,25);1H. The van der Waals surface area contributed by atoms with Gasteiger partial charge in [-0.15, -0.1) is 45.5 Å². The number of nitrogens with one attached hydrogen (secondary N) is 2. The summed E-state index contributed by atoms with van der Waals surface area (Å²) in [6.45, 7) is 7.95. The molecule has 0 atom stereocenters. The zero-order valence-electron chi connectivity index (χ0n) is 18.8. The third-order valence-electron chi connectivity index (χ3n) is 5.23. The molecule has 1 aliphatic heterocycles. The van der Waals surface area contributed by atoms with E-state index in [0.29, 0.717) is 19.7 Å². The van der Waals surface area contributed by atoms with Gasteiger partial charge in [-0.1, -0.05) is 13.0 Å². The second kappa shape index (κ2) is 14.3. The van der Waals surface area contributed by atoms with Gasteiger partial charge in [0.15, 0.2) is 5.96 Å². The van der Waals surface area contributed by atoms with Crippen molar-refractivity contribution in [1.82, 2.24) is 30.3 Å². The van der Waals surface area contributed by atoms with Crippen LogP contribution < -0.4 is 10.6 Å². The van der Waals surface area contributed by atoms with E-state index >= 15 is 0 Å². The van der Waals surface area contributed by atoms with Gasteiger partial charge in [-0.05, 0) is 31.2 Å². The lowest BCUT2D eigenvalue weighted by atomic mass is 10.1. The Kier molecular flexibility index (Phi) is 11.8. The van der Waals surface area contributed by atoms with Gasteiger partial charge >= 0.3 is 6.09 Å². The molecular weight excluding hydrogens is 541 g/mol. The first-order valence-corrected chi connectivity index (χ1v) is 11.9. The summed E-state index contributed by atoms with van der Waals surface area (Å²) in [4.78, 5) is 19.8. The molecule has 0 bridgehead atoms. The van der Waals surface area contributed by atoms with Crippen LogP contribution in [0.1, 0.15) is 37.4 Å². The Morgan fingerprint density at radius 1 is 1.34 bits per heavy atom. The molecule has 2 aromatic heterocycles. The van der Waals surface area contributed by atoms with Crippen LogP contribution in [0, 0.1) is 0 Å². The summed E-state index contributed by atoms with van der Waals surface area (Å²) in [5.74, 6) is 1.80. The number of aryl methyl sites for hydroxylation is 1. The maximum Gasteiger partial charge on any atom is 0.409 e. The van der Waals surface area contributed by atoms with Gasteiger partial charge in [0.2, 0.25) is 0 Å². The minimum absolute atomic E-state index is 0. The van der Waals surface area contributed by atoms with Crippen molar-refractivity contribution in [1.29, 1.82) is 0 Å². The quantitative estimate of drug-likeness (QED) is 0.271. The summed E-state index contributed by atoms with van der Waals surface area (Å²) in [6, 6.07) is 4.49. The highest BCUT2D eigenvalue weighted by atomic mass is 127. The predicted molar refractivity (Wildman–Crippen MR) is 138 cm³/mol. The predicted octanol–water partition coefficient (Wildman–Crippen LogP) is 2.92. The lowest BCUT2D eigenvalue weighted by Gasteiger charge is -2.32. The van der Waals surface area contributed by atoms with Gasteiger partial charge in [-0.2, -0.15) is 0 Å². The summed E-state index contributed by atoms with van der Waals surface area (Å²) in [6.07, 6.45) is 5.08. The van der Waals surface area contributed by atoms with E-state index in [1.54, 1.807) is 22.6 Å². The van der Waals surface area contributed by atoms with E-state index in [-0.39, 0.29) is 36.1 Å². The van der Waals surface area contributed by atoms with Gasteiger partial charge in [0.25, 0.3) is 0 Å². The molecule has 1 fully saturated rings. The normalized spacial score (nSPS) is 14.7.